The zero-order chi connectivity index (χ0) is 23.8. The van der Waals surface area contributed by atoms with E-state index in [1.807, 2.05) is 26.0 Å². The summed E-state index contributed by atoms with van der Waals surface area (Å²) in [6, 6.07) is 12.2. The summed E-state index contributed by atoms with van der Waals surface area (Å²) in [6.45, 7) is 6.97. The lowest BCUT2D eigenvalue weighted by Gasteiger charge is -2.37. The van der Waals surface area contributed by atoms with E-state index in [0.717, 1.165) is 55.0 Å². The number of nitrogens with one attached hydrogen (secondary N) is 1. The Labute approximate surface area is 199 Å². The number of carbonyl (C=O) groups excluding carboxylic acids is 1. The predicted molar refractivity (Wildman–Crippen MR) is 130 cm³/mol. The predicted octanol–water partition coefficient (Wildman–Crippen LogP) is 5.81. The van der Waals surface area contributed by atoms with Crippen molar-refractivity contribution in [1.29, 1.82) is 0 Å². The lowest BCUT2D eigenvalue weighted by Crippen LogP contribution is -2.35. The highest BCUT2D eigenvalue weighted by Crippen LogP contribution is 2.37. The van der Waals surface area contributed by atoms with Gasteiger partial charge in [0.1, 0.15) is 17.4 Å². The summed E-state index contributed by atoms with van der Waals surface area (Å²) in [5, 5.41) is 3.19. The molecule has 0 radical (unpaired) electrons. The molecule has 34 heavy (non-hydrogen) atoms. The third-order valence-electron chi connectivity index (χ3n) is 7.05. The number of ether oxygens (including phenoxy) is 1. The van der Waals surface area contributed by atoms with Crippen LogP contribution in [0.3, 0.4) is 0 Å². The molecule has 1 unspecified atom stereocenters. The summed E-state index contributed by atoms with van der Waals surface area (Å²) < 4.78 is 18.9. The highest BCUT2D eigenvalue weighted by Gasteiger charge is 2.29. The minimum Gasteiger partial charge on any atom is -0.426 e. The summed E-state index contributed by atoms with van der Waals surface area (Å²) in [6.07, 6.45) is 3.81. The van der Waals surface area contributed by atoms with Crippen molar-refractivity contribution in [2.45, 2.75) is 52.5 Å². The largest absolute Gasteiger partial charge is 0.426 e. The van der Waals surface area contributed by atoms with E-state index >= 15 is 0 Å². The third-order valence-corrected chi connectivity index (χ3v) is 7.05. The molecule has 7 heteroatoms. The highest BCUT2D eigenvalue weighted by atomic mass is 19.1. The number of benzene rings is 2. The van der Waals surface area contributed by atoms with Gasteiger partial charge in [-0.2, -0.15) is 4.98 Å². The van der Waals surface area contributed by atoms with Crippen LogP contribution >= 0.6 is 0 Å². The van der Waals surface area contributed by atoms with Crippen LogP contribution in [0.15, 0.2) is 42.5 Å². The first-order valence-electron chi connectivity index (χ1n) is 11.9. The van der Waals surface area contributed by atoms with Gasteiger partial charge in [0, 0.05) is 23.5 Å². The number of halogens is 1. The molecule has 1 fully saturated rings. The van der Waals surface area contributed by atoms with Crippen molar-refractivity contribution in [2.75, 3.05) is 16.8 Å². The van der Waals surface area contributed by atoms with Crippen LogP contribution in [-0.2, 0) is 11.2 Å². The standard InChI is InChI=1S/C27H29FN4O2/c1-16-17(2)29-27(30-22-9-7-21(28)8-10-22)31-25(16)32-14-13-20-15-23(11-12-24(20)18(32)3)34-26(33)19-5-4-6-19/h7-12,15,18-19H,4-6,13-14H2,1-3H3,(H,29,30,31). The van der Waals surface area contributed by atoms with Crippen LogP contribution < -0.4 is 15.0 Å². The van der Waals surface area contributed by atoms with Crippen molar-refractivity contribution in [3.05, 3.63) is 70.7 Å². The Morgan fingerprint density at radius 1 is 1.12 bits per heavy atom. The first-order valence-corrected chi connectivity index (χ1v) is 11.9. The Morgan fingerprint density at radius 2 is 1.88 bits per heavy atom. The number of carbonyl (C=O) groups is 1. The molecule has 0 saturated heterocycles. The van der Waals surface area contributed by atoms with E-state index in [2.05, 4.69) is 28.2 Å². The number of anilines is 3. The Kier molecular flexibility index (Phi) is 5.94. The zero-order valence-corrected chi connectivity index (χ0v) is 19.8. The van der Waals surface area contributed by atoms with Crippen LogP contribution in [0.2, 0.25) is 0 Å². The lowest BCUT2D eigenvalue weighted by molar-refractivity contribution is -0.141. The van der Waals surface area contributed by atoms with Crippen molar-refractivity contribution >= 4 is 23.4 Å². The molecule has 1 aromatic heterocycles. The van der Waals surface area contributed by atoms with Crippen molar-refractivity contribution in [2.24, 2.45) is 5.92 Å². The minimum atomic E-state index is -0.283. The van der Waals surface area contributed by atoms with Crippen LogP contribution in [0.1, 0.15) is 54.6 Å². The van der Waals surface area contributed by atoms with Gasteiger partial charge in [0.2, 0.25) is 5.95 Å². The average Bonchev–Trinajstić information content (AvgIpc) is 2.77. The van der Waals surface area contributed by atoms with Crippen molar-refractivity contribution < 1.29 is 13.9 Å². The van der Waals surface area contributed by atoms with E-state index in [0.29, 0.717) is 11.7 Å². The Bertz CT molecular complexity index is 1220. The van der Waals surface area contributed by atoms with E-state index in [1.54, 1.807) is 12.1 Å². The first-order chi connectivity index (χ1) is 16.4. The monoisotopic (exact) mass is 460 g/mol. The van der Waals surface area contributed by atoms with E-state index in [-0.39, 0.29) is 23.7 Å². The lowest BCUT2D eigenvalue weighted by atomic mass is 9.86. The fourth-order valence-corrected chi connectivity index (χ4v) is 4.62. The Hall–Kier alpha value is -3.48. The van der Waals surface area contributed by atoms with Crippen LogP contribution in [0.25, 0.3) is 0 Å². The highest BCUT2D eigenvalue weighted by molar-refractivity contribution is 5.76. The second-order valence-electron chi connectivity index (χ2n) is 9.24. The number of fused-ring (bicyclic) bond motifs is 1. The average molecular weight is 461 g/mol. The summed E-state index contributed by atoms with van der Waals surface area (Å²) in [7, 11) is 0. The molecule has 2 aliphatic rings. The van der Waals surface area contributed by atoms with Gasteiger partial charge in [0.05, 0.1) is 12.0 Å². The summed E-state index contributed by atoms with van der Waals surface area (Å²) >= 11 is 0. The number of hydrogen-bond acceptors (Lipinski definition) is 6. The van der Waals surface area contributed by atoms with Gasteiger partial charge in [-0.3, -0.25) is 4.79 Å². The number of aryl methyl sites for hydroxylation is 1. The van der Waals surface area contributed by atoms with Gasteiger partial charge in [-0.05, 0) is 87.6 Å². The molecule has 0 spiro atoms. The molecule has 3 aromatic rings. The molecule has 6 nitrogen and oxygen atoms in total. The van der Waals surface area contributed by atoms with Crippen molar-refractivity contribution in [1.82, 2.24) is 9.97 Å². The van der Waals surface area contributed by atoms with Gasteiger partial charge in [0.25, 0.3) is 0 Å². The number of rotatable bonds is 5. The van der Waals surface area contributed by atoms with E-state index in [9.17, 15) is 9.18 Å². The molecule has 0 bridgehead atoms. The molecule has 1 saturated carbocycles. The summed E-state index contributed by atoms with van der Waals surface area (Å²) in [5.41, 5.74) is 5.07. The number of hydrogen-bond donors (Lipinski definition) is 1. The molecular formula is C27H29FN4O2. The normalized spacial score (nSPS) is 17.6. The minimum absolute atomic E-state index is 0.0622. The third kappa shape index (κ3) is 4.34. The molecule has 1 aliphatic carbocycles. The summed E-state index contributed by atoms with van der Waals surface area (Å²) in [4.78, 5) is 24.0. The van der Waals surface area contributed by atoms with E-state index in [4.69, 9.17) is 9.72 Å². The Morgan fingerprint density at radius 3 is 2.59 bits per heavy atom. The van der Waals surface area contributed by atoms with Crippen LogP contribution in [0.5, 0.6) is 5.75 Å². The second kappa shape index (κ2) is 9.05. The maximum atomic E-state index is 13.3. The van der Waals surface area contributed by atoms with Gasteiger partial charge >= 0.3 is 5.97 Å². The second-order valence-corrected chi connectivity index (χ2v) is 9.24. The number of esters is 1. The fraction of sp³-hybridized carbons (Fsp3) is 0.370. The Balaban J connectivity index is 1.38. The van der Waals surface area contributed by atoms with Gasteiger partial charge in [-0.1, -0.05) is 12.5 Å². The topological polar surface area (TPSA) is 67.3 Å². The van der Waals surface area contributed by atoms with Crippen LogP contribution in [0.4, 0.5) is 21.8 Å². The first kappa shape index (κ1) is 22.3. The molecule has 2 aromatic carbocycles. The maximum absolute atomic E-state index is 13.3. The molecule has 2 heterocycles. The molecule has 1 atom stereocenters. The molecular weight excluding hydrogens is 431 g/mol. The smallest absolute Gasteiger partial charge is 0.314 e. The van der Waals surface area contributed by atoms with Crippen molar-refractivity contribution in [3.8, 4) is 5.75 Å². The molecule has 0 amide bonds. The van der Waals surface area contributed by atoms with Gasteiger partial charge in [-0.15, -0.1) is 0 Å². The van der Waals surface area contributed by atoms with Gasteiger partial charge < -0.3 is 15.0 Å². The zero-order valence-electron chi connectivity index (χ0n) is 19.8. The van der Waals surface area contributed by atoms with E-state index < -0.39 is 0 Å². The van der Waals surface area contributed by atoms with Crippen LogP contribution in [0, 0.1) is 25.6 Å². The van der Waals surface area contributed by atoms with Gasteiger partial charge in [-0.25, -0.2) is 9.37 Å². The number of nitrogens with zero attached hydrogens (tertiary/aromatic N) is 3. The SMILES string of the molecule is Cc1nc(Nc2ccc(F)cc2)nc(N2CCc3cc(OC(=O)C4CCC4)ccc3C2C)c1C. The number of aromatic nitrogens is 2. The molecule has 5 rings (SSSR count). The maximum Gasteiger partial charge on any atom is 0.314 e. The summed E-state index contributed by atoms with van der Waals surface area (Å²) in [5.74, 6) is 1.68. The quantitative estimate of drug-likeness (QED) is 0.383. The molecule has 1 aliphatic heterocycles. The fourth-order valence-electron chi connectivity index (χ4n) is 4.62. The molecule has 176 valence electrons. The van der Waals surface area contributed by atoms with Gasteiger partial charge in [0.15, 0.2) is 0 Å². The van der Waals surface area contributed by atoms with Crippen molar-refractivity contribution in [3.63, 3.8) is 0 Å². The van der Waals surface area contributed by atoms with Crippen LogP contribution in [-0.4, -0.2) is 22.5 Å². The van der Waals surface area contributed by atoms with E-state index in [1.165, 1.54) is 23.3 Å². The molecule has 1 N–H and O–H groups in total.